The van der Waals surface area contributed by atoms with Crippen LogP contribution in [-0.2, 0) is 14.8 Å². The van der Waals surface area contributed by atoms with Gasteiger partial charge in [0.15, 0.2) is 11.5 Å². The maximum atomic E-state index is 14.1. The van der Waals surface area contributed by atoms with Crippen LogP contribution in [0, 0.1) is 0 Å². The number of ether oxygens (including phenoxy) is 3. The van der Waals surface area contributed by atoms with E-state index >= 15 is 0 Å². The molecule has 0 aliphatic carbocycles. The molecule has 4 aromatic rings. The van der Waals surface area contributed by atoms with E-state index < -0.39 is 39.1 Å². The number of hydrogen-bond acceptors (Lipinski definition) is 8. The Morgan fingerprint density at radius 1 is 0.659 bits per heavy atom. The molecule has 9 nitrogen and oxygen atoms in total. The molecule has 0 spiro atoms. The Morgan fingerprint density at radius 3 is 1.85 bits per heavy atom. The number of allylic oxidation sites excluding steroid dienone is 1. The Morgan fingerprint density at radius 2 is 1.20 bits per heavy atom. The molecule has 0 saturated heterocycles. The van der Waals surface area contributed by atoms with Crippen molar-refractivity contribution < 1.29 is 37.0 Å². The highest BCUT2D eigenvalue weighted by atomic mass is 32.2. The predicted molar refractivity (Wildman–Crippen MR) is 149 cm³/mol. The number of nitrogens with zero attached hydrogens (tertiary/aromatic N) is 1. The van der Waals surface area contributed by atoms with Crippen molar-refractivity contribution in [2.24, 2.45) is 0 Å². The van der Waals surface area contributed by atoms with Crippen LogP contribution in [0.5, 0.6) is 11.5 Å². The number of benzene rings is 4. The lowest BCUT2D eigenvalue weighted by molar-refractivity contribution is 0.0675. The molecule has 0 atom stereocenters. The first-order chi connectivity index (χ1) is 19.8. The Bertz CT molecular complexity index is 1810. The van der Waals surface area contributed by atoms with Crippen molar-refractivity contribution in [3.63, 3.8) is 0 Å². The van der Waals surface area contributed by atoms with Gasteiger partial charge in [-0.1, -0.05) is 66.7 Å². The Kier molecular flexibility index (Phi) is 7.41. The van der Waals surface area contributed by atoms with E-state index in [2.05, 4.69) is 0 Å². The summed E-state index contributed by atoms with van der Waals surface area (Å²) < 4.78 is 45.0. The molecular weight excluding hydrogens is 546 g/mol. The van der Waals surface area contributed by atoms with Gasteiger partial charge in [0.2, 0.25) is 5.78 Å². The summed E-state index contributed by atoms with van der Waals surface area (Å²) in [7, 11) is -1.96. The van der Waals surface area contributed by atoms with Crippen molar-refractivity contribution >= 4 is 33.4 Å². The molecule has 1 aliphatic rings. The highest BCUT2D eigenvalue weighted by Crippen LogP contribution is 2.41. The molecule has 0 aromatic heterocycles. The summed E-state index contributed by atoms with van der Waals surface area (Å²) in [5.41, 5.74) is -0.719. The van der Waals surface area contributed by atoms with E-state index in [0.717, 1.165) is 0 Å². The number of carbonyl (C=O) groups excluding carboxylic acids is 3. The van der Waals surface area contributed by atoms with Gasteiger partial charge in [-0.3, -0.25) is 9.59 Å². The number of amides is 1. The number of para-hydroxylation sites is 2. The monoisotopic (exact) mass is 569 g/mol. The lowest BCUT2D eigenvalue weighted by Gasteiger charge is -2.31. The van der Waals surface area contributed by atoms with E-state index in [9.17, 15) is 22.8 Å². The third-order valence-electron chi connectivity index (χ3n) is 6.36. The fourth-order valence-electron chi connectivity index (χ4n) is 4.44. The van der Waals surface area contributed by atoms with Crippen LogP contribution in [0.4, 0.5) is 0 Å². The number of carbonyl (C=O) groups is 3. The Hall–Kier alpha value is -5.22. The van der Waals surface area contributed by atoms with Crippen molar-refractivity contribution in [1.29, 1.82) is 0 Å². The first-order valence-corrected chi connectivity index (χ1v) is 13.7. The molecule has 5 rings (SSSR count). The molecule has 1 amide bonds. The van der Waals surface area contributed by atoms with Gasteiger partial charge in [0, 0.05) is 11.1 Å². The maximum Gasteiger partial charge on any atom is 0.347 e. The number of Topliss-reactive ketones (excluding diaryl/α,β-unsaturated/α-hetero) is 1. The number of methoxy groups -OCH3 is 2. The van der Waals surface area contributed by atoms with Crippen molar-refractivity contribution in [3.05, 3.63) is 131 Å². The number of ketones is 1. The average molecular weight is 570 g/mol. The Labute approximate surface area is 236 Å². The smallest absolute Gasteiger partial charge is 0.347 e. The van der Waals surface area contributed by atoms with Crippen molar-refractivity contribution in [3.8, 4) is 11.5 Å². The second kappa shape index (κ2) is 11.1. The highest BCUT2D eigenvalue weighted by Gasteiger charge is 2.46. The summed E-state index contributed by atoms with van der Waals surface area (Å²) in [4.78, 5) is 41.3. The first-order valence-electron chi connectivity index (χ1n) is 12.3. The minimum Gasteiger partial charge on any atom is -0.496 e. The van der Waals surface area contributed by atoms with Gasteiger partial charge in [0.05, 0.1) is 24.7 Å². The van der Waals surface area contributed by atoms with E-state index in [1.807, 2.05) is 0 Å². The fraction of sp³-hybridized carbons (Fsp3) is 0.0645. The molecule has 206 valence electrons. The summed E-state index contributed by atoms with van der Waals surface area (Å²) >= 11 is 0. The van der Waals surface area contributed by atoms with Crippen LogP contribution >= 0.6 is 0 Å². The zero-order chi connectivity index (χ0) is 29.1. The fourth-order valence-corrected chi connectivity index (χ4v) is 6.05. The van der Waals surface area contributed by atoms with Gasteiger partial charge in [0.25, 0.3) is 15.9 Å². The molecule has 1 aliphatic heterocycles. The average Bonchev–Trinajstić information content (AvgIpc) is 3.01. The summed E-state index contributed by atoms with van der Waals surface area (Å²) in [6, 6.07) is 25.8. The van der Waals surface area contributed by atoms with Gasteiger partial charge in [-0.25, -0.2) is 13.2 Å². The number of sulfonamides is 1. The molecule has 0 bridgehead atoms. The number of fused-ring (bicyclic) bond motifs is 1. The largest absolute Gasteiger partial charge is 0.496 e. The Balaban J connectivity index is 1.81. The molecule has 0 fully saturated rings. The number of hydrogen-bond donors (Lipinski definition) is 0. The van der Waals surface area contributed by atoms with Crippen LogP contribution in [0.2, 0.25) is 0 Å². The van der Waals surface area contributed by atoms with E-state index in [0.29, 0.717) is 4.31 Å². The molecule has 0 saturated carbocycles. The molecule has 1 heterocycles. The number of esters is 1. The standard InChI is InChI=1S/C31H23NO8S/c1-38-24-17-9-6-14-21(24)30(34)32-27(28(33)20-12-4-3-5-13-20)29(23-16-8-11-19-26(23)41(32,36)37)40-31(35)22-15-7-10-18-25(22)39-2/h3-19H,1-2H3. The van der Waals surface area contributed by atoms with Crippen molar-refractivity contribution in [1.82, 2.24) is 4.31 Å². The topological polar surface area (TPSA) is 116 Å². The van der Waals surface area contributed by atoms with Crippen LogP contribution in [-0.4, -0.2) is 44.6 Å². The van der Waals surface area contributed by atoms with E-state index in [1.165, 1.54) is 74.9 Å². The molecular formula is C31H23NO8S. The van der Waals surface area contributed by atoms with Gasteiger partial charge < -0.3 is 14.2 Å². The lowest BCUT2D eigenvalue weighted by atomic mass is 10.0. The minimum atomic E-state index is -4.67. The van der Waals surface area contributed by atoms with Gasteiger partial charge >= 0.3 is 5.97 Å². The summed E-state index contributed by atoms with van der Waals surface area (Å²) in [6.07, 6.45) is 0. The molecule has 4 aromatic carbocycles. The molecule has 0 N–H and O–H groups in total. The van der Waals surface area contributed by atoms with Gasteiger partial charge in [-0.2, -0.15) is 4.31 Å². The van der Waals surface area contributed by atoms with E-state index in [-0.39, 0.29) is 38.6 Å². The van der Waals surface area contributed by atoms with Crippen LogP contribution in [0.25, 0.3) is 5.76 Å². The second-order valence-electron chi connectivity index (χ2n) is 8.73. The maximum absolute atomic E-state index is 14.1. The second-order valence-corrected chi connectivity index (χ2v) is 10.5. The minimum absolute atomic E-state index is 0.0301. The SMILES string of the molecule is COc1ccccc1C(=O)OC1=C(C(=O)c2ccccc2)N(C(=O)c2ccccc2OC)S(=O)(=O)c2ccccc21. The summed E-state index contributed by atoms with van der Waals surface area (Å²) in [6.45, 7) is 0. The van der Waals surface area contributed by atoms with Gasteiger partial charge in [0.1, 0.15) is 17.1 Å². The molecule has 10 heteroatoms. The van der Waals surface area contributed by atoms with Gasteiger partial charge in [-0.15, -0.1) is 0 Å². The van der Waals surface area contributed by atoms with E-state index in [1.54, 1.807) is 42.5 Å². The zero-order valence-electron chi connectivity index (χ0n) is 21.9. The summed E-state index contributed by atoms with van der Waals surface area (Å²) in [5, 5.41) is 0. The van der Waals surface area contributed by atoms with Crippen LogP contribution in [0.3, 0.4) is 0 Å². The third kappa shape index (κ3) is 4.85. The summed E-state index contributed by atoms with van der Waals surface area (Å²) in [5.74, 6) is -2.95. The van der Waals surface area contributed by atoms with Crippen molar-refractivity contribution in [2.75, 3.05) is 14.2 Å². The normalized spacial score (nSPS) is 13.7. The zero-order valence-corrected chi connectivity index (χ0v) is 22.8. The molecule has 41 heavy (non-hydrogen) atoms. The van der Waals surface area contributed by atoms with Crippen LogP contribution in [0.15, 0.2) is 114 Å². The molecule has 0 radical (unpaired) electrons. The highest BCUT2D eigenvalue weighted by molar-refractivity contribution is 7.90. The van der Waals surface area contributed by atoms with Crippen LogP contribution in [0.1, 0.15) is 36.6 Å². The van der Waals surface area contributed by atoms with Gasteiger partial charge in [-0.05, 0) is 36.4 Å². The first kappa shape index (κ1) is 27.4. The third-order valence-corrected chi connectivity index (χ3v) is 8.10. The van der Waals surface area contributed by atoms with E-state index in [4.69, 9.17) is 14.2 Å². The predicted octanol–water partition coefficient (Wildman–Crippen LogP) is 4.96. The lowest BCUT2D eigenvalue weighted by Crippen LogP contribution is -2.42. The molecule has 0 unspecified atom stereocenters. The number of rotatable bonds is 7. The van der Waals surface area contributed by atoms with Crippen molar-refractivity contribution in [2.45, 2.75) is 4.90 Å². The quantitative estimate of drug-likeness (QED) is 0.227. The van der Waals surface area contributed by atoms with Crippen LogP contribution < -0.4 is 9.47 Å².